The molecule has 1 aromatic carbocycles. The highest BCUT2D eigenvalue weighted by atomic mass is 19.1. The van der Waals surface area contributed by atoms with Gasteiger partial charge in [0, 0.05) is 20.6 Å². The van der Waals surface area contributed by atoms with Gasteiger partial charge in [-0.05, 0) is 25.0 Å². The average Bonchev–Trinajstić information content (AvgIpc) is 2.94. The zero-order chi connectivity index (χ0) is 15.4. The van der Waals surface area contributed by atoms with Crippen LogP contribution in [-0.2, 0) is 9.59 Å². The van der Waals surface area contributed by atoms with Crippen molar-refractivity contribution in [3.63, 3.8) is 0 Å². The normalized spacial score (nSPS) is 17.7. The average molecular weight is 294 g/mol. The molecular formula is C15H19FN2O3. The van der Waals surface area contributed by atoms with Crippen LogP contribution in [0.2, 0.25) is 0 Å². The largest absolute Gasteiger partial charge is 0.481 e. The number of amides is 2. The molecule has 2 amide bonds. The molecule has 1 heterocycles. The van der Waals surface area contributed by atoms with E-state index in [2.05, 4.69) is 0 Å². The summed E-state index contributed by atoms with van der Waals surface area (Å²) in [5.74, 6) is -0.851. The molecule has 1 aliphatic heterocycles. The van der Waals surface area contributed by atoms with Crippen molar-refractivity contribution in [3.05, 3.63) is 30.1 Å². The number of likely N-dealkylation sites (tertiary alicyclic amines) is 1. The summed E-state index contributed by atoms with van der Waals surface area (Å²) in [5.41, 5.74) is 0. The number of carbonyl (C=O) groups excluding carboxylic acids is 2. The Balaban J connectivity index is 1.97. The molecule has 1 aromatic rings. The molecule has 0 radical (unpaired) electrons. The van der Waals surface area contributed by atoms with Crippen LogP contribution in [0.25, 0.3) is 0 Å². The van der Waals surface area contributed by atoms with E-state index < -0.39 is 11.9 Å². The molecule has 0 saturated carbocycles. The van der Waals surface area contributed by atoms with Gasteiger partial charge in [0.15, 0.2) is 18.2 Å². The van der Waals surface area contributed by atoms with Crippen molar-refractivity contribution in [1.82, 2.24) is 9.80 Å². The van der Waals surface area contributed by atoms with Crippen molar-refractivity contribution in [2.24, 2.45) is 0 Å². The second-order valence-corrected chi connectivity index (χ2v) is 5.20. The van der Waals surface area contributed by atoms with E-state index in [1.807, 2.05) is 0 Å². The number of rotatable bonds is 4. The second kappa shape index (κ2) is 6.56. The number of hydrogen-bond acceptors (Lipinski definition) is 3. The van der Waals surface area contributed by atoms with Crippen molar-refractivity contribution < 1.29 is 18.7 Å². The number of halogens is 1. The second-order valence-electron chi connectivity index (χ2n) is 5.20. The van der Waals surface area contributed by atoms with E-state index in [-0.39, 0.29) is 24.2 Å². The van der Waals surface area contributed by atoms with Crippen LogP contribution in [0.4, 0.5) is 4.39 Å². The summed E-state index contributed by atoms with van der Waals surface area (Å²) in [6, 6.07) is 5.49. The van der Waals surface area contributed by atoms with Crippen LogP contribution >= 0.6 is 0 Å². The fraction of sp³-hybridized carbons (Fsp3) is 0.467. The number of nitrogens with zero attached hydrogens (tertiary/aromatic N) is 2. The number of benzene rings is 1. The Kier molecular flexibility index (Phi) is 4.77. The van der Waals surface area contributed by atoms with Gasteiger partial charge < -0.3 is 14.5 Å². The topological polar surface area (TPSA) is 49.9 Å². The van der Waals surface area contributed by atoms with Gasteiger partial charge in [0.1, 0.15) is 6.04 Å². The Morgan fingerprint density at radius 1 is 1.38 bits per heavy atom. The van der Waals surface area contributed by atoms with E-state index in [0.717, 1.165) is 6.42 Å². The molecule has 0 bridgehead atoms. The van der Waals surface area contributed by atoms with Crippen molar-refractivity contribution in [3.8, 4) is 5.75 Å². The molecule has 2 rings (SSSR count). The zero-order valence-corrected chi connectivity index (χ0v) is 12.2. The van der Waals surface area contributed by atoms with Crippen molar-refractivity contribution in [2.45, 2.75) is 18.9 Å². The van der Waals surface area contributed by atoms with E-state index in [4.69, 9.17) is 4.74 Å². The molecule has 1 unspecified atom stereocenters. The maximum Gasteiger partial charge on any atom is 0.261 e. The Hall–Kier alpha value is -2.11. The van der Waals surface area contributed by atoms with Crippen LogP contribution in [0.15, 0.2) is 24.3 Å². The Labute approximate surface area is 123 Å². The van der Waals surface area contributed by atoms with Crippen LogP contribution in [0.3, 0.4) is 0 Å². The third kappa shape index (κ3) is 3.51. The summed E-state index contributed by atoms with van der Waals surface area (Å²) in [6.45, 7) is 0.266. The number of hydrogen-bond donors (Lipinski definition) is 0. The van der Waals surface area contributed by atoms with Gasteiger partial charge in [0.25, 0.3) is 5.91 Å². The van der Waals surface area contributed by atoms with Crippen molar-refractivity contribution >= 4 is 11.8 Å². The van der Waals surface area contributed by atoms with Gasteiger partial charge in [0.2, 0.25) is 5.91 Å². The molecule has 0 spiro atoms. The Morgan fingerprint density at radius 2 is 2.10 bits per heavy atom. The van der Waals surface area contributed by atoms with E-state index in [9.17, 15) is 14.0 Å². The SMILES string of the molecule is CN(C)C(=O)C1CCCN1C(=O)COc1ccccc1F. The summed E-state index contributed by atoms with van der Waals surface area (Å²) in [5, 5.41) is 0. The van der Waals surface area contributed by atoms with Crippen LogP contribution in [0.1, 0.15) is 12.8 Å². The van der Waals surface area contributed by atoms with Crippen molar-refractivity contribution in [2.75, 3.05) is 27.2 Å². The maximum absolute atomic E-state index is 13.4. The van der Waals surface area contributed by atoms with Crippen molar-refractivity contribution in [1.29, 1.82) is 0 Å². The molecule has 1 atom stereocenters. The lowest BCUT2D eigenvalue weighted by atomic mass is 10.2. The van der Waals surface area contributed by atoms with Crippen LogP contribution in [0.5, 0.6) is 5.75 Å². The van der Waals surface area contributed by atoms with E-state index in [1.165, 1.54) is 21.9 Å². The van der Waals surface area contributed by atoms with Crippen LogP contribution in [-0.4, -0.2) is 54.9 Å². The third-order valence-corrected chi connectivity index (χ3v) is 3.49. The zero-order valence-electron chi connectivity index (χ0n) is 12.2. The quantitative estimate of drug-likeness (QED) is 0.840. The highest BCUT2D eigenvalue weighted by Gasteiger charge is 2.34. The molecule has 5 nitrogen and oxygen atoms in total. The lowest BCUT2D eigenvalue weighted by Crippen LogP contribution is -2.47. The van der Waals surface area contributed by atoms with E-state index >= 15 is 0 Å². The van der Waals surface area contributed by atoms with Crippen LogP contribution < -0.4 is 4.74 Å². The molecule has 0 N–H and O–H groups in total. The summed E-state index contributed by atoms with van der Waals surface area (Å²) >= 11 is 0. The first-order valence-corrected chi connectivity index (χ1v) is 6.88. The third-order valence-electron chi connectivity index (χ3n) is 3.49. The van der Waals surface area contributed by atoms with Gasteiger partial charge >= 0.3 is 0 Å². The van der Waals surface area contributed by atoms with E-state index in [0.29, 0.717) is 13.0 Å². The number of likely N-dealkylation sites (N-methyl/N-ethyl adjacent to an activating group) is 1. The molecule has 1 aliphatic rings. The minimum absolute atomic E-state index is 0.0422. The standard InChI is InChI=1S/C15H19FN2O3/c1-17(2)15(20)12-7-5-9-18(12)14(19)10-21-13-8-4-3-6-11(13)16/h3-4,6,8,12H,5,7,9-10H2,1-2H3. The number of ether oxygens (including phenoxy) is 1. The molecule has 1 saturated heterocycles. The monoisotopic (exact) mass is 294 g/mol. The van der Waals surface area contributed by atoms with Gasteiger partial charge in [-0.3, -0.25) is 9.59 Å². The molecule has 0 aliphatic carbocycles. The molecule has 1 fully saturated rings. The maximum atomic E-state index is 13.4. The van der Waals surface area contributed by atoms with E-state index in [1.54, 1.807) is 26.2 Å². The predicted octanol–water partition coefficient (Wildman–Crippen LogP) is 1.28. The first-order valence-electron chi connectivity index (χ1n) is 6.88. The van der Waals surface area contributed by atoms with Gasteiger partial charge in [-0.15, -0.1) is 0 Å². The lowest BCUT2D eigenvalue weighted by molar-refractivity contribution is -0.143. The minimum atomic E-state index is -0.507. The lowest BCUT2D eigenvalue weighted by Gasteiger charge is -2.26. The molecular weight excluding hydrogens is 275 g/mol. The fourth-order valence-corrected chi connectivity index (χ4v) is 2.40. The number of carbonyl (C=O) groups is 2. The summed E-state index contributed by atoms with van der Waals surface area (Å²) in [7, 11) is 3.33. The highest BCUT2D eigenvalue weighted by Crippen LogP contribution is 2.20. The smallest absolute Gasteiger partial charge is 0.261 e. The Morgan fingerprint density at radius 3 is 2.76 bits per heavy atom. The van der Waals surface area contributed by atoms with Gasteiger partial charge in [0.05, 0.1) is 0 Å². The predicted molar refractivity (Wildman–Crippen MR) is 75.3 cm³/mol. The number of para-hydroxylation sites is 1. The summed E-state index contributed by atoms with van der Waals surface area (Å²) in [4.78, 5) is 27.2. The molecule has 114 valence electrons. The summed E-state index contributed by atoms with van der Waals surface area (Å²) in [6.07, 6.45) is 1.44. The Bertz CT molecular complexity index is 533. The highest BCUT2D eigenvalue weighted by molar-refractivity contribution is 5.88. The molecule has 6 heteroatoms. The minimum Gasteiger partial charge on any atom is -0.481 e. The van der Waals surface area contributed by atoms with Gasteiger partial charge in [-0.1, -0.05) is 12.1 Å². The van der Waals surface area contributed by atoms with Crippen LogP contribution in [0, 0.1) is 5.82 Å². The van der Waals surface area contributed by atoms with Gasteiger partial charge in [-0.2, -0.15) is 0 Å². The first-order chi connectivity index (χ1) is 10.0. The fourth-order valence-electron chi connectivity index (χ4n) is 2.40. The molecule has 21 heavy (non-hydrogen) atoms. The van der Waals surface area contributed by atoms with Gasteiger partial charge in [-0.25, -0.2) is 4.39 Å². The first kappa shape index (κ1) is 15.3. The molecule has 0 aromatic heterocycles. The summed E-state index contributed by atoms with van der Waals surface area (Å²) < 4.78 is 18.6.